The number of nitrogens with zero attached hydrogens (tertiary/aromatic N) is 3. The van der Waals surface area contributed by atoms with Crippen LogP contribution < -0.4 is 10.7 Å². The van der Waals surface area contributed by atoms with Gasteiger partial charge >= 0.3 is 6.03 Å². The summed E-state index contributed by atoms with van der Waals surface area (Å²) in [5.74, 6) is -2.65. The Hall–Kier alpha value is -3.63. The lowest BCUT2D eigenvalue weighted by molar-refractivity contribution is -0.384. The highest BCUT2D eigenvalue weighted by Crippen LogP contribution is 2.47. The van der Waals surface area contributed by atoms with Gasteiger partial charge in [-0.05, 0) is 43.2 Å². The number of urea groups is 1. The van der Waals surface area contributed by atoms with Crippen LogP contribution >= 0.6 is 0 Å². The molecule has 11 heteroatoms. The molecular weight excluding hydrogens is 394 g/mol. The number of carbonyl (C=O) groups is 4. The summed E-state index contributed by atoms with van der Waals surface area (Å²) >= 11 is 0. The Balaban J connectivity index is 1.42. The largest absolute Gasteiger partial charge is 0.331 e. The van der Waals surface area contributed by atoms with Crippen LogP contribution in [0, 0.1) is 27.9 Å². The van der Waals surface area contributed by atoms with Crippen molar-refractivity contribution in [1.29, 1.82) is 0 Å². The summed E-state index contributed by atoms with van der Waals surface area (Å²) in [6.07, 6.45) is 4.79. The minimum Gasteiger partial charge on any atom is -0.277 e. The van der Waals surface area contributed by atoms with E-state index in [0.29, 0.717) is 5.92 Å². The van der Waals surface area contributed by atoms with Gasteiger partial charge in [-0.1, -0.05) is 6.42 Å². The zero-order valence-corrected chi connectivity index (χ0v) is 15.8. The molecule has 156 valence electrons. The van der Waals surface area contributed by atoms with Gasteiger partial charge in [-0.15, -0.1) is 0 Å². The van der Waals surface area contributed by atoms with E-state index in [4.69, 9.17) is 0 Å². The Kier molecular flexibility index (Phi) is 5.02. The molecule has 2 N–H and O–H groups in total. The van der Waals surface area contributed by atoms with E-state index in [1.807, 2.05) is 0 Å². The Morgan fingerprint density at radius 1 is 1.20 bits per heavy atom. The van der Waals surface area contributed by atoms with Gasteiger partial charge in [-0.3, -0.25) is 34.7 Å². The van der Waals surface area contributed by atoms with Crippen LogP contribution in [-0.2, 0) is 9.59 Å². The van der Waals surface area contributed by atoms with Crippen molar-refractivity contribution in [2.45, 2.75) is 31.7 Å². The number of barbiturate groups is 1. The fraction of sp³-hybridized carbons (Fsp3) is 0.421. The summed E-state index contributed by atoms with van der Waals surface area (Å²) < 4.78 is 0. The molecule has 3 aliphatic rings. The van der Waals surface area contributed by atoms with Gasteiger partial charge in [0.2, 0.25) is 11.8 Å². The molecule has 1 aromatic carbocycles. The van der Waals surface area contributed by atoms with E-state index in [9.17, 15) is 29.3 Å². The third kappa shape index (κ3) is 3.53. The van der Waals surface area contributed by atoms with Crippen LogP contribution in [0.4, 0.5) is 10.5 Å². The van der Waals surface area contributed by atoms with E-state index in [1.165, 1.54) is 24.3 Å². The molecule has 1 heterocycles. The number of nitro groups is 1. The van der Waals surface area contributed by atoms with E-state index in [2.05, 4.69) is 15.8 Å². The molecule has 30 heavy (non-hydrogen) atoms. The number of nitro benzene ring substituents is 1. The van der Waals surface area contributed by atoms with Gasteiger partial charge in [0.05, 0.1) is 4.92 Å². The smallest absolute Gasteiger partial charge is 0.277 e. The van der Waals surface area contributed by atoms with Crippen molar-refractivity contribution in [3.8, 4) is 0 Å². The van der Waals surface area contributed by atoms with Gasteiger partial charge in [-0.25, -0.2) is 10.2 Å². The van der Waals surface area contributed by atoms with Crippen molar-refractivity contribution in [1.82, 2.24) is 15.6 Å². The molecule has 5 amide bonds. The van der Waals surface area contributed by atoms with E-state index in [0.717, 1.165) is 36.8 Å². The SMILES string of the molecule is O=C(NN=CC1C(=O)NC(=O)N(C2CC3CCC2C3)C1=O)c1ccc([N+](=O)[O-])cc1. The number of hydrogen-bond acceptors (Lipinski definition) is 7. The number of imide groups is 2. The molecule has 1 saturated heterocycles. The van der Waals surface area contributed by atoms with Crippen LogP contribution in [0.1, 0.15) is 36.0 Å². The molecule has 4 rings (SSSR count). The minimum atomic E-state index is -1.32. The van der Waals surface area contributed by atoms with Crippen LogP contribution in [0.2, 0.25) is 0 Å². The van der Waals surface area contributed by atoms with Crippen LogP contribution in [0.3, 0.4) is 0 Å². The maximum Gasteiger partial charge on any atom is 0.331 e. The van der Waals surface area contributed by atoms with Crippen molar-refractivity contribution in [2.24, 2.45) is 22.9 Å². The second-order valence-corrected chi connectivity index (χ2v) is 7.75. The zero-order valence-electron chi connectivity index (χ0n) is 15.8. The van der Waals surface area contributed by atoms with Gasteiger partial charge < -0.3 is 0 Å². The molecule has 0 spiro atoms. The van der Waals surface area contributed by atoms with Gasteiger partial charge in [0.25, 0.3) is 11.6 Å². The summed E-state index contributed by atoms with van der Waals surface area (Å²) in [4.78, 5) is 60.6. The Bertz CT molecular complexity index is 959. The second kappa shape index (κ2) is 7.65. The van der Waals surface area contributed by atoms with Crippen molar-refractivity contribution < 1.29 is 24.1 Å². The molecule has 0 aromatic heterocycles. The first-order valence-corrected chi connectivity index (χ1v) is 9.61. The first kappa shape index (κ1) is 19.7. The Morgan fingerprint density at radius 3 is 2.53 bits per heavy atom. The first-order chi connectivity index (χ1) is 14.3. The number of hydrogen-bond donors (Lipinski definition) is 2. The topological polar surface area (TPSA) is 151 Å². The third-order valence-corrected chi connectivity index (χ3v) is 6.00. The predicted molar refractivity (Wildman–Crippen MR) is 102 cm³/mol. The molecule has 0 radical (unpaired) electrons. The van der Waals surface area contributed by atoms with Gasteiger partial charge in [0, 0.05) is 30.0 Å². The molecular formula is C19H19N5O6. The third-order valence-electron chi connectivity index (χ3n) is 6.00. The van der Waals surface area contributed by atoms with Crippen LogP contribution in [0.25, 0.3) is 0 Å². The number of benzene rings is 1. The molecule has 11 nitrogen and oxygen atoms in total. The van der Waals surface area contributed by atoms with Crippen molar-refractivity contribution >= 4 is 35.7 Å². The fourth-order valence-electron chi connectivity index (χ4n) is 4.55. The summed E-state index contributed by atoms with van der Waals surface area (Å²) in [6.45, 7) is 0. The molecule has 3 fully saturated rings. The highest BCUT2D eigenvalue weighted by molar-refractivity contribution is 6.23. The number of non-ortho nitro benzene ring substituents is 1. The summed E-state index contributed by atoms with van der Waals surface area (Å²) in [6, 6.07) is 3.95. The fourth-order valence-corrected chi connectivity index (χ4v) is 4.55. The van der Waals surface area contributed by atoms with Crippen molar-refractivity contribution in [3.05, 3.63) is 39.9 Å². The van der Waals surface area contributed by atoms with E-state index < -0.39 is 34.6 Å². The Morgan fingerprint density at radius 2 is 1.93 bits per heavy atom. The number of rotatable bonds is 5. The average molecular weight is 413 g/mol. The molecule has 2 aliphatic carbocycles. The lowest BCUT2D eigenvalue weighted by atomic mass is 9.92. The highest BCUT2D eigenvalue weighted by Gasteiger charge is 2.50. The lowest BCUT2D eigenvalue weighted by Gasteiger charge is -2.36. The normalized spacial score (nSPS) is 28.1. The number of hydrazone groups is 1. The van der Waals surface area contributed by atoms with Gasteiger partial charge in [0.1, 0.15) is 0 Å². The summed E-state index contributed by atoms with van der Waals surface area (Å²) in [5, 5.41) is 16.5. The molecule has 2 saturated carbocycles. The van der Waals surface area contributed by atoms with Gasteiger partial charge in [0.15, 0.2) is 5.92 Å². The summed E-state index contributed by atoms with van der Waals surface area (Å²) in [5.41, 5.74) is 2.14. The zero-order chi connectivity index (χ0) is 21.4. The monoisotopic (exact) mass is 413 g/mol. The van der Waals surface area contributed by atoms with E-state index in [1.54, 1.807) is 0 Å². The number of fused-ring (bicyclic) bond motifs is 2. The van der Waals surface area contributed by atoms with Crippen LogP contribution in [0.15, 0.2) is 29.4 Å². The van der Waals surface area contributed by atoms with Crippen molar-refractivity contribution in [3.63, 3.8) is 0 Å². The lowest BCUT2D eigenvalue weighted by Crippen LogP contribution is -2.62. The highest BCUT2D eigenvalue weighted by atomic mass is 16.6. The molecule has 1 aromatic rings. The number of amides is 5. The molecule has 2 bridgehead atoms. The van der Waals surface area contributed by atoms with Crippen molar-refractivity contribution in [2.75, 3.05) is 0 Å². The second-order valence-electron chi connectivity index (χ2n) is 7.75. The number of nitrogens with one attached hydrogen (secondary N) is 2. The molecule has 4 atom stereocenters. The minimum absolute atomic E-state index is 0.121. The molecule has 1 aliphatic heterocycles. The first-order valence-electron chi connectivity index (χ1n) is 9.61. The average Bonchev–Trinajstić information content (AvgIpc) is 3.34. The standard InChI is InChI=1S/C19H19N5O6/c25-16(11-3-5-13(6-4-11)24(29)30)22-20-9-14-17(26)21-19(28)23(18(14)27)15-8-10-1-2-12(15)7-10/h3-6,9-10,12,14-15H,1-2,7-8H2,(H,22,25)(H,21,26,28). The van der Waals surface area contributed by atoms with E-state index >= 15 is 0 Å². The van der Waals surface area contributed by atoms with Crippen LogP contribution in [-0.4, -0.2) is 45.8 Å². The maximum atomic E-state index is 12.8. The Labute approximate surface area is 170 Å². The predicted octanol–water partition coefficient (Wildman–Crippen LogP) is 1.19. The molecule has 4 unspecified atom stereocenters. The van der Waals surface area contributed by atoms with E-state index in [-0.39, 0.29) is 23.2 Å². The van der Waals surface area contributed by atoms with Crippen LogP contribution in [0.5, 0.6) is 0 Å². The quantitative estimate of drug-likeness (QED) is 0.320. The summed E-state index contributed by atoms with van der Waals surface area (Å²) in [7, 11) is 0. The number of carbonyl (C=O) groups excluding carboxylic acids is 4. The maximum absolute atomic E-state index is 12.8. The van der Waals surface area contributed by atoms with Gasteiger partial charge in [-0.2, -0.15) is 5.10 Å².